The number of rotatable bonds is 3. The molecule has 1 aliphatic heterocycles. The normalized spacial score (nSPS) is 16.7. The summed E-state index contributed by atoms with van der Waals surface area (Å²) < 4.78 is 1.43. The molecule has 6 heteroatoms. The van der Waals surface area contributed by atoms with Crippen LogP contribution in [0.1, 0.15) is 47.2 Å². The molecule has 0 spiro atoms. The smallest absolute Gasteiger partial charge is 0.275 e. The number of hydrogen-bond acceptors (Lipinski definition) is 4. The maximum Gasteiger partial charge on any atom is 0.275 e. The highest BCUT2D eigenvalue weighted by Gasteiger charge is 2.31. The zero-order valence-electron chi connectivity index (χ0n) is 14.9. The monoisotopic (exact) mass is 367 g/mol. The molecule has 0 fully saturated rings. The molecule has 3 aromatic rings. The Hall–Kier alpha value is -2.47. The van der Waals surface area contributed by atoms with Crippen LogP contribution in [0.5, 0.6) is 0 Å². The first kappa shape index (κ1) is 17.0. The molecule has 0 bridgehead atoms. The van der Waals surface area contributed by atoms with E-state index in [4.69, 9.17) is 0 Å². The second kappa shape index (κ2) is 6.68. The molecule has 26 heavy (non-hydrogen) atoms. The summed E-state index contributed by atoms with van der Waals surface area (Å²) in [5.74, 6) is -0.101. The van der Waals surface area contributed by atoms with Gasteiger partial charge in [-0.15, -0.1) is 11.3 Å². The van der Waals surface area contributed by atoms with E-state index in [0.29, 0.717) is 29.6 Å². The molecule has 0 N–H and O–H groups in total. The van der Waals surface area contributed by atoms with E-state index in [2.05, 4.69) is 23.5 Å². The van der Waals surface area contributed by atoms with Crippen LogP contribution in [0, 0.1) is 0 Å². The predicted octanol–water partition coefficient (Wildman–Crippen LogP) is 3.63. The Labute approximate surface area is 155 Å². The molecule has 0 radical (unpaired) electrons. The van der Waals surface area contributed by atoms with Gasteiger partial charge in [0.2, 0.25) is 0 Å². The molecule has 134 valence electrons. The molecule has 5 nitrogen and oxygen atoms in total. The Morgan fingerprint density at radius 3 is 2.81 bits per heavy atom. The molecule has 0 aliphatic carbocycles. The van der Waals surface area contributed by atoms with Crippen molar-refractivity contribution in [2.45, 2.75) is 39.3 Å². The summed E-state index contributed by atoms with van der Waals surface area (Å²) in [4.78, 5) is 29.3. The van der Waals surface area contributed by atoms with Crippen LogP contribution < -0.4 is 5.56 Å². The second-order valence-electron chi connectivity index (χ2n) is 6.65. The number of hydrogen-bond donors (Lipinski definition) is 0. The summed E-state index contributed by atoms with van der Waals surface area (Å²) in [7, 11) is 0. The minimum Gasteiger partial charge on any atom is -0.330 e. The van der Waals surface area contributed by atoms with Gasteiger partial charge in [-0.1, -0.05) is 25.1 Å². The summed E-state index contributed by atoms with van der Waals surface area (Å²) >= 11 is 1.75. The van der Waals surface area contributed by atoms with E-state index in [1.54, 1.807) is 17.4 Å². The lowest BCUT2D eigenvalue weighted by Crippen LogP contribution is -2.40. The van der Waals surface area contributed by atoms with Gasteiger partial charge in [-0.2, -0.15) is 5.10 Å². The van der Waals surface area contributed by atoms with Crippen molar-refractivity contribution in [2.24, 2.45) is 0 Å². The molecule has 1 atom stereocenters. The van der Waals surface area contributed by atoms with Crippen molar-refractivity contribution in [1.82, 2.24) is 14.7 Å². The summed E-state index contributed by atoms with van der Waals surface area (Å²) in [6.45, 7) is 5.24. The standard InChI is InChI=1S/C20H21N3O2S/c1-3-10-23-19(24)16-7-5-4-6-15(16)18(21-23)20(25)22-11-8-17-14(13(22)2)9-12-26-17/h4-7,9,12-13H,3,8,10-11H2,1-2H3/t13-/m1/s1. The number of fused-ring (bicyclic) bond motifs is 2. The molecule has 0 saturated carbocycles. The van der Waals surface area contributed by atoms with E-state index >= 15 is 0 Å². The SMILES string of the molecule is CCCn1nc(C(=O)N2CCc3sccc3[C@H]2C)c2ccccc2c1=O. The topological polar surface area (TPSA) is 55.2 Å². The number of nitrogens with zero attached hydrogens (tertiary/aromatic N) is 3. The Morgan fingerprint density at radius 1 is 1.27 bits per heavy atom. The summed E-state index contributed by atoms with van der Waals surface area (Å²) in [5.41, 5.74) is 1.46. The minimum atomic E-state index is -0.134. The molecule has 0 saturated heterocycles. The van der Waals surface area contributed by atoms with Crippen molar-refractivity contribution in [3.63, 3.8) is 0 Å². The van der Waals surface area contributed by atoms with Gasteiger partial charge in [-0.05, 0) is 42.8 Å². The lowest BCUT2D eigenvalue weighted by molar-refractivity contribution is 0.0672. The lowest BCUT2D eigenvalue weighted by Gasteiger charge is -2.33. The number of thiophene rings is 1. The zero-order chi connectivity index (χ0) is 18.3. The van der Waals surface area contributed by atoms with E-state index in [1.807, 2.05) is 30.0 Å². The highest BCUT2D eigenvalue weighted by molar-refractivity contribution is 7.10. The second-order valence-corrected chi connectivity index (χ2v) is 7.65. The molecule has 1 amide bonds. The van der Waals surface area contributed by atoms with Crippen LogP contribution in [0.4, 0.5) is 0 Å². The number of carbonyl (C=O) groups is 1. The van der Waals surface area contributed by atoms with Crippen LogP contribution in [-0.2, 0) is 13.0 Å². The summed E-state index contributed by atoms with van der Waals surface area (Å²) in [6.07, 6.45) is 1.66. The van der Waals surface area contributed by atoms with Crippen molar-refractivity contribution in [3.8, 4) is 0 Å². The maximum atomic E-state index is 13.4. The first-order valence-corrected chi connectivity index (χ1v) is 9.87. The van der Waals surface area contributed by atoms with Crippen molar-refractivity contribution in [1.29, 1.82) is 0 Å². The van der Waals surface area contributed by atoms with Gasteiger partial charge < -0.3 is 4.90 Å². The van der Waals surface area contributed by atoms with Gasteiger partial charge in [0.15, 0.2) is 5.69 Å². The Morgan fingerprint density at radius 2 is 2.04 bits per heavy atom. The summed E-state index contributed by atoms with van der Waals surface area (Å²) in [5, 5.41) is 7.74. The highest BCUT2D eigenvalue weighted by Crippen LogP contribution is 2.34. The van der Waals surface area contributed by atoms with Gasteiger partial charge in [-0.3, -0.25) is 9.59 Å². The minimum absolute atomic E-state index is 0.0182. The fraction of sp³-hybridized carbons (Fsp3) is 0.350. The quantitative estimate of drug-likeness (QED) is 0.710. The van der Waals surface area contributed by atoms with E-state index in [9.17, 15) is 9.59 Å². The predicted molar refractivity (Wildman–Crippen MR) is 104 cm³/mol. The fourth-order valence-corrected chi connectivity index (χ4v) is 4.64. The third kappa shape index (κ3) is 2.65. The molecule has 2 aromatic heterocycles. The van der Waals surface area contributed by atoms with E-state index in [1.165, 1.54) is 15.1 Å². The first-order valence-electron chi connectivity index (χ1n) is 8.99. The van der Waals surface area contributed by atoms with Crippen molar-refractivity contribution < 1.29 is 4.79 Å². The molecule has 0 unspecified atom stereocenters. The number of benzene rings is 1. The zero-order valence-corrected chi connectivity index (χ0v) is 15.8. The van der Waals surface area contributed by atoms with Crippen LogP contribution in [0.25, 0.3) is 10.8 Å². The van der Waals surface area contributed by atoms with Crippen LogP contribution in [-0.4, -0.2) is 27.1 Å². The van der Waals surface area contributed by atoms with Crippen molar-refractivity contribution >= 4 is 28.0 Å². The summed E-state index contributed by atoms with van der Waals surface area (Å²) in [6, 6.07) is 9.39. The number of aryl methyl sites for hydroxylation is 1. The van der Waals surface area contributed by atoms with Gasteiger partial charge in [0.05, 0.1) is 11.4 Å². The molecular weight excluding hydrogens is 346 g/mol. The Bertz CT molecular complexity index is 1040. The van der Waals surface area contributed by atoms with Crippen LogP contribution in [0.2, 0.25) is 0 Å². The van der Waals surface area contributed by atoms with Crippen LogP contribution >= 0.6 is 11.3 Å². The Balaban J connectivity index is 1.82. The number of carbonyl (C=O) groups excluding carboxylic acids is 1. The Kier molecular flexibility index (Phi) is 4.36. The average molecular weight is 367 g/mol. The third-order valence-corrected chi connectivity index (χ3v) is 6.04. The molecule has 4 rings (SSSR count). The van der Waals surface area contributed by atoms with Gasteiger partial charge in [0, 0.05) is 23.4 Å². The largest absolute Gasteiger partial charge is 0.330 e. The van der Waals surface area contributed by atoms with E-state index in [0.717, 1.165) is 12.8 Å². The van der Waals surface area contributed by atoms with Crippen molar-refractivity contribution in [3.05, 3.63) is 62.2 Å². The molecule has 1 aromatic carbocycles. The third-order valence-electron chi connectivity index (χ3n) is 5.04. The van der Waals surface area contributed by atoms with E-state index < -0.39 is 0 Å². The van der Waals surface area contributed by atoms with Crippen molar-refractivity contribution in [2.75, 3.05) is 6.54 Å². The van der Waals surface area contributed by atoms with Gasteiger partial charge in [0.1, 0.15) is 0 Å². The van der Waals surface area contributed by atoms with E-state index in [-0.39, 0.29) is 17.5 Å². The fourth-order valence-electron chi connectivity index (χ4n) is 3.68. The number of amides is 1. The molecule has 3 heterocycles. The molecular formula is C20H21N3O2S. The molecule has 1 aliphatic rings. The maximum absolute atomic E-state index is 13.4. The number of aromatic nitrogens is 2. The van der Waals surface area contributed by atoms with Crippen LogP contribution in [0.15, 0.2) is 40.5 Å². The lowest BCUT2D eigenvalue weighted by atomic mass is 10.0. The van der Waals surface area contributed by atoms with Gasteiger partial charge in [0.25, 0.3) is 11.5 Å². The first-order chi connectivity index (χ1) is 12.6. The van der Waals surface area contributed by atoms with Crippen LogP contribution in [0.3, 0.4) is 0 Å². The average Bonchev–Trinajstić information content (AvgIpc) is 3.14. The van der Waals surface area contributed by atoms with Gasteiger partial charge >= 0.3 is 0 Å². The highest BCUT2D eigenvalue weighted by atomic mass is 32.1. The van der Waals surface area contributed by atoms with Gasteiger partial charge in [-0.25, -0.2) is 4.68 Å².